The number of urea groups is 1. The molecule has 5 heteroatoms. The lowest BCUT2D eigenvalue weighted by Gasteiger charge is -2.19. The van der Waals surface area contributed by atoms with Crippen molar-refractivity contribution in [3.63, 3.8) is 0 Å². The largest absolute Gasteiger partial charge is 0.480 e. The molecular weight excluding hydrogens is 244 g/mol. The Balaban J connectivity index is 2.33. The predicted octanol–water partition coefficient (Wildman–Crippen LogP) is 1.61. The zero-order valence-electron chi connectivity index (χ0n) is 11.0. The molecule has 0 unspecified atom stereocenters. The summed E-state index contributed by atoms with van der Waals surface area (Å²) in [6.45, 7) is 0.144. The number of aliphatic carboxylic acids is 1. The van der Waals surface area contributed by atoms with Crippen LogP contribution in [0.2, 0.25) is 0 Å². The minimum Gasteiger partial charge on any atom is -0.480 e. The van der Waals surface area contributed by atoms with Crippen LogP contribution in [0.25, 0.3) is 0 Å². The molecular formula is C14H20N2O3. The van der Waals surface area contributed by atoms with Crippen LogP contribution in [0, 0.1) is 12.3 Å². The lowest BCUT2D eigenvalue weighted by Crippen LogP contribution is -2.43. The maximum Gasteiger partial charge on any atom is 0.323 e. The molecule has 1 aliphatic rings. The van der Waals surface area contributed by atoms with Crippen LogP contribution >= 0.6 is 0 Å². The van der Waals surface area contributed by atoms with Crippen LogP contribution in [0.3, 0.4) is 0 Å². The Morgan fingerprint density at radius 2 is 2.26 bits per heavy atom. The summed E-state index contributed by atoms with van der Waals surface area (Å²) < 4.78 is 0. The summed E-state index contributed by atoms with van der Waals surface area (Å²) in [5.74, 6) is 1.22. The minimum absolute atomic E-state index is 0.000823. The maximum atomic E-state index is 11.7. The SMILES string of the molecule is C#CCN(CC(=O)O)C(=O)NCCC1=CCCCC1. The molecule has 2 amide bonds. The van der Waals surface area contributed by atoms with E-state index in [4.69, 9.17) is 11.5 Å². The zero-order valence-corrected chi connectivity index (χ0v) is 11.0. The van der Waals surface area contributed by atoms with Gasteiger partial charge >= 0.3 is 12.0 Å². The Hall–Kier alpha value is -1.96. The standard InChI is InChI=1S/C14H20N2O3/c1-2-10-16(11-13(17)18)14(19)15-9-8-12-6-4-3-5-7-12/h1,6H,3-5,7-11H2,(H,15,19)(H,17,18). The first-order valence-electron chi connectivity index (χ1n) is 6.49. The Morgan fingerprint density at radius 3 is 2.84 bits per heavy atom. The van der Waals surface area contributed by atoms with E-state index >= 15 is 0 Å². The number of carbonyl (C=O) groups is 2. The van der Waals surface area contributed by atoms with E-state index in [1.807, 2.05) is 0 Å². The van der Waals surface area contributed by atoms with E-state index < -0.39 is 12.0 Å². The smallest absolute Gasteiger partial charge is 0.323 e. The number of carbonyl (C=O) groups excluding carboxylic acids is 1. The van der Waals surface area contributed by atoms with Crippen molar-refractivity contribution < 1.29 is 14.7 Å². The number of carboxylic acid groups (broad SMARTS) is 1. The molecule has 0 bridgehead atoms. The maximum absolute atomic E-state index is 11.7. The molecule has 2 N–H and O–H groups in total. The molecule has 0 radical (unpaired) electrons. The van der Waals surface area contributed by atoms with E-state index in [0.29, 0.717) is 6.54 Å². The predicted molar refractivity (Wildman–Crippen MR) is 72.6 cm³/mol. The molecule has 0 fully saturated rings. The number of carboxylic acids is 1. The molecule has 1 rings (SSSR count). The summed E-state index contributed by atoms with van der Waals surface area (Å²) in [7, 11) is 0. The van der Waals surface area contributed by atoms with Gasteiger partial charge in [-0.05, 0) is 32.1 Å². The lowest BCUT2D eigenvalue weighted by molar-refractivity contribution is -0.137. The second-order valence-corrected chi connectivity index (χ2v) is 4.54. The molecule has 0 aromatic rings. The van der Waals surface area contributed by atoms with Crippen LogP contribution in [-0.2, 0) is 4.79 Å². The van der Waals surface area contributed by atoms with Crippen molar-refractivity contribution >= 4 is 12.0 Å². The topological polar surface area (TPSA) is 69.6 Å². The molecule has 0 aromatic carbocycles. The Morgan fingerprint density at radius 1 is 1.47 bits per heavy atom. The molecule has 19 heavy (non-hydrogen) atoms. The van der Waals surface area contributed by atoms with Gasteiger partial charge in [0.2, 0.25) is 0 Å². The second-order valence-electron chi connectivity index (χ2n) is 4.54. The van der Waals surface area contributed by atoms with Gasteiger partial charge in [-0.3, -0.25) is 4.79 Å². The van der Waals surface area contributed by atoms with E-state index in [0.717, 1.165) is 24.2 Å². The van der Waals surface area contributed by atoms with Gasteiger partial charge in [-0.1, -0.05) is 17.6 Å². The fraction of sp³-hybridized carbons (Fsp3) is 0.571. The van der Waals surface area contributed by atoms with E-state index in [-0.39, 0.29) is 13.1 Å². The van der Waals surface area contributed by atoms with Gasteiger partial charge in [-0.15, -0.1) is 6.42 Å². The first-order valence-corrected chi connectivity index (χ1v) is 6.49. The minimum atomic E-state index is -1.07. The molecule has 0 saturated carbocycles. The highest BCUT2D eigenvalue weighted by molar-refractivity contribution is 5.80. The number of amides is 2. The first kappa shape index (κ1) is 15.1. The fourth-order valence-electron chi connectivity index (χ4n) is 2.05. The van der Waals surface area contributed by atoms with Gasteiger partial charge < -0.3 is 15.3 Å². The van der Waals surface area contributed by atoms with Gasteiger partial charge in [-0.2, -0.15) is 0 Å². The van der Waals surface area contributed by atoms with Crippen LogP contribution < -0.4 is 5.32 Å². The molecule has 0 spiro atoms. The molecule has 0 saturated heterocycles. The highest BCUT2D eigenvalue weighted by atomic mass is 16.4. The summed E-state index contributed by atoms with van der Waals surface area (Å²) in [5, 5.41) is 11.4. The number of hydrogen-bond acceptors (Lipinski definition) is 2. The van der Waals surface area contributed by atoms with Crippen molar-refractivity contribution in [2.24, 2.45) is 0 Å². The summed E-state index contributed by atoms with van der Waals surface area (Å²) in [6.07, 6.45) is 12.8. The molecule has 5 nitrogen and oxygen atoms in total. The molecule has 0 aromatic heterocycles. The third-order valence-electron chi connectivity index (χ3n) is 3.00. The van der Waals surface area contributed by atoms with E-state index in [9.17, 15) is 9.59 Å². The fourth-order valence-corrected chi connectivity index (χ4v) is 2.05. The first-order chi connectivity index (χ1) is 9.13. The monoisotopic (exact) mass is 264 g/mol. The molecule has 0 heterocycles. The summed E-state index contributed by atoms with van der Waals surface area (Å²) in [6, 6.07) is -0.420. The van der Waals surface area contributed by atoms with Crippen LogP contribution in [0.1, 0.15) is 32.1 Å². The molecule has 1 aliphatic carbocycles. The highest BCUT2D eigenvalue weighted by Crippen LogP contribution is 2.19. The zero-order chi connectivity index (χ0) is 14.1. The van der Waals surface area contributed by atoms with Crippen LogP contribution in [0.5, 0.6) is 0 Å². The van der Waals surface area contributed by atoms with Crippen molar-refractivity contribution in [2.45, 2.75) is 32.1 Å². The van der Waals surface area contributed by atoms with Crippen LogP contribution in [-0.4, -0.2) is 41.6 Å². The normalized spacial score (nSPS) is 14.2. The number of nitrogens with one attached hydrogen (secondary N) is 1. The van der Waals surface area contributed by atoms with Crippen molar-refractivity contribution in [2.75, 3.05) is 19.6 Å². The molecule has 0 atom stereocenters. The van der Waals surface area contributed by atoms with Gasteiger partial charge in [0.1, 0.15) is 6.54 Å². The third-order valence-corrected chi connectivity index (χ3v) is 3.00. The Labute approximate surface area is 113 Å². The van der Waals surface area contributed by atoms with Crippen LogP contribution in [0.15, 0.2) is 11.6 Å². The van der Waals surface area contributed by atoms with Crippen molar-refractivity contribution in [1.29, 1.82) is 0 Å². The number of nitrogens with zero attached hydrogens (tertiary/aromatic N) is 1. The van der Waals surface area contributed by atoms with Gasteiger partial charge in [-0.25, -0.2) is 4.79 Å². The molecule has 0 aliphatic heterocycles. The Kier molecular flexibility index (Phi) is 6.51. The van der Waals surface area contributed by atoms with Gasteiger partial charge in [0.05, 0.1) is 6.54 Å². The number of hydrogen-bond donors (Lipinski definition) is 2. The third kappa shape index (κ3) is 5.96. The van der Waals surface area contributed by atoms with E-state index in [2.05, 4.69) is 17.3 Å². The van der Waals surface area contributed by atoms with E-state index in [1.165, 1.54) is 18.4 Å². The second kappa shape index (κ2) is 8.20. The van der Waals surface area contributed by atoms with Crippen LogP contribution in [0.4, 0.5) is 4.79 Å². The van der Waals surface area contributed by atoms with Gasteiger partial charge in [0.25, 0.3) is 0 Å². The van der Waals surface area contributed by atoms with Gasteiger partial charge in [0, 0.05) is 6.54 Å². The quantitative estimate of drug-likeness (QED) is 0.565. The van der Waals surface area contributed by atoms with Crippen molar-refractivity contribution in [3.8, 4) is 12.3 Å². The summed E-state index contributed by atoms with van der Waals surface area (Å²) >= 11 is 0. The highest BCUT2D eigenvalue weighted by Gasteiger charge is 2.15. The number of rotatable bonds is 6. The number of allylic oxidation sites excluding steroid dienone is 1. The summed E-state index contributed by atoms with van der Waals surface area (Å²) in [5.41, 5.74) is 1.37. The number of terminal acetylenes is 1. The molecule has 104 valence electrons. The van der Waals surface area contributed by atoms with E-state index in [1.54, 1.807) is 0 Å². The van der Waals surface area contributed by atoms with Crippen molar-refractivity contribution in [1.82, 2.24) is 10.2 Å². The average Bonchev–Trinajstić information content (AvgIpc) is 2.39. The Bertz CT molecular complexity index is 396. The lowest BCUT2D eigenvalue weighted by atomic mass is 9.97. The summed E-state index contributed by atoms with van der Waals surface area (Å²) in [4.78, 5) is 23.5. The van der Waals surface area contributed by atoms with Crippen molar-refractivity contribution in [3.05, 3.63) is 11.6 Å². The average molecular weight is 264 g/mol. The van der Waals surface area contributed by atoms with Gasteiger partial charge in [0.15, 0.2) is 0 Å².